The van der Waals surface area contributed by atoms with Crippen LogP contribution in [-0.4, -0.2) is 28.9 Å². The Balaban J connectivity index is 2.37. The Bertz CT molecular complexity index is 545. The third kappa shape index (κ3) is 7.26. The minimum atomic E-state index is -1.04. The first-order valence-corrected chi connectivity index (χ1v) is 8.30. The first kappa shape index (κ1) is 19.7. The monoisotopic (exact) mass is 334 g/mol. The van der Waals surface area contributed by atoms with E-state index in [2.05, 4.69) is 10.6 Å². The minimum Gasteiger partial charge on any atom is -0.480 e. The van der Waals surface area contributed by atoms with Gasteiger partial charge in [-0.25, -0.2) is 4.79 Å². The van der Waals surface area contributed by atoms with Crippen LogP contribution in [0.2, 0.25) is 0 Å². The molecule has 0 heterocycles. The van der Waals surface area contributed by atoms with E-state index in [1.807, 2.05) is 44.2 Å². The first-order valence-electron chi connectivity index (χ1n) is 8.30. The van der Waals surface area contributed by atoms with E-state index in [1.54, 1.807) is 0 Å². The lowest BCUT2D eigenvalue weighted by Crippen LogP contribution is -2.41. The second kappa shape index (κ2) is 10.4. The topological polar surface area (TPSA) is 95.5 Å². The molecule has 24 heavy (non-hydrogen) atoms. The van der Waals surface area contributed by atoms with Crippen molar-refractivity contribution in [1.82, 2.24) is 10.6 Å². The van der Waals surface area contributed by atoms with Gasteiger partial charge >= 0.3 is 5.97 Å². The normalized spacial score (nSPS) is 12.9. The zero-order chi connectivity index (χ0) is 17.9. The summed E-state index contributed by atoms with van der Waals surface area (Å²) in [6, 6.07) is 8.51. The number of carbonyl (C=O) groups is 3. The Morgan fingerprint density at radius 3 is 2.17 bits per heavy atom. The van der Waals surface area contributed by atoms with Gasteiger partial charge in [-0.05, 0) is 18.9 Å². The van der Waals surface area contributed by atoms with E-state index in [-0.39, 0.29) is 24.8 Å². The van der Waals surface area contributed by atoms with Crippen LogP contribution in [-0.2, 0) is 14.4 Å². The molecule has 0 radical (unpaired) electrons. The first-order chi connectivity index (χ1) is 11.4. The molecule has 0 aromatic heterocycles. The lowest BCUT2D eigenvalue weighted by Gasteiger charge is -2.15. The molecule has 1 rings (SSSR count). The summed E-state index contributed by atoms with van der Waals surface area (Å²) in [7, 11) is 0. The van der Waals surface area contributed by atoms with Crippen LogP contribution in [0.1, 0.15) is 57.6 Å². The highest BCUT2D eigenvalue weighted by atomic mass is 16.4. The van der Waals surface area contributed by atoms with Crippen LogP contribution in [0.4, 0.5) is 0 Å². The average Bonchev–Trinajstić information content (AvgIpc) is 2.57. The fourth-order valence-electron chi connectivity index (χ4n) is 2.30. The second-order valence-electron chi connectivity index (χ2n) is 5.80. The van der Waals surface area contributed by atoms with Gasteiger partial charge < -0.3 is 15.7 Å². The Hall–Kier alpha value is -2.37. The van der Waals surface area contributed by atoms with Crippen LogP contribution >= 0.6 is 0 Å². The highest BCUT2D eigenvalue weighted by Crippen LogP contribution is 2.11. The van der Waals surface area contributed by atoms with Crippen LogP contribution < -0.4 is 10.6 Å². The minimum absolute atomic E-state index is 0.0246. The largest absolute Gasteiger partial charge is 0.480 e. The Morgan fingerprint density at radius 2 is 1.62 bits per heavy atom. The number of carboxylic acid groups (broad SMARTS) is 1. The molecule has 0 fully saturated rings. The van der Waals surface area contributed by atoms with Crippen LogP contribution in [0.15, 0.2) is 30.3 Å². The van der Waals surface area contributed by atoms with E-state index >= 15 is 0 Å². The molecule has 2 atom stereocenters. The van der Waals surface area contributed by atoms with Crippen LogP contribution in [0.5, 0.6) is 0 Å². The predicted molar refractivity (Wildman–Crippen MR) is 91.3 cm³/mol. The number of nitrogens with one attached hydrogen (secondary N) is 2. The van der Waals surface area contributed by atoms with Crippen molar-refractivity contribution < 1.29 is 19.5 Å². The lowest BCUT2D eigenvalue weighted by atomic mass is 10.1. The number of hydrogen-bond acceptors (Lipinski definition) is 3. The Labute approximate surface area is 142 Å². The molecular weight excluding hydrogens is 308 g/mol. The molecule has 0 saturated carbocycles. The molecule has 3 N–H and O–H groups in total. The summed E-state index contributed by atoms with van der Waals surface area (Å²) in [5.41, 5.74) is 0.987. The third-order valence-electron chi connectivity index (χ3n) is 3.74. The highest BCUT2D eigenvalue weighted by molar-refractivity contribution is 5.87. The fourth-order valence-corrected chi connectivity index (χ4v) is 2.30. The highest BCUT2D eigenvalue weighted by Gasteiger charge is 2.19. The summed E-state index contributed by atoms with van der Waals surface area (Å²) in [6.07, 6.45) is 1.99. The average molecular weight is 334 g/mol. The van der Waals surface area contributed by atoms with Crippen LogP contribution in [0.3, 0.4) is 0 Å². The van der Waals surface area contributed by atoms with Crippen molar-refractivity contribution >= 4 is 17.8 Å². The van der Waals surface area contributed by atoms with E-state index in [9.17, 15) is 14.4 Å². The van der Waals surface area contributed by atoms with Crippen LogP contribution in [0.25, 0.3) is 0 Å². The van der Waals surface area contributed by atoms with Crippen molar-refractivity contribution in [2.45, 2.75) is 58.0 Å². The standard InChI is InChI=1S/C18H26N2O4/c1-3-4-10-15(18(23)24)20-17(22)12-11-16(21)19-13(2)14-8-6-5-7-9-14/h5-9,13,15H,3-4,10-12H2,1-2H3,(H,19,21)(H,20,22)(H,23,24)/t13-,15+/m1/s1. The van der Waals surface area contributed by atoms with Crippen molar-refractivity contribution in [3.63, 3.8) is 0 Å². The smallest absolute Gasteiger partial charge is 0.326 e. The quantitative estimate of drug-likeness (QED) is 0.612. The number of benzene rings is 1. The zero-order valence-corrected chi connectivity index (χ0v) is 14.2. The summed E-state index contributed by atoms with van der Waals surface area (Å²) in [4.78, 5) is 34.8. The van der Waals surface area contributed by atoms with E-state index in [1.165, 1.54) is 0 Å². The maximum atomic E-state index is 11.9. The SMILES string of the molecule is CCCC[C@H](NC(=O)CCC(=O)N[C@H](C)c1ccccc1)C(=O)O. The number of amides is 2. The van der Waals surface area contributed by atoms with Gasteiger partial charge in [0.1, 0.15) is 6.04 Å². The zero-order valence-electron chi connectivity index (χ0n) is 14.2. The molecular formula is C18H26N2O4. The number of aliphatic carboxylic acids is 1. The maximum absolute atomic E-state index is 11.9. The van der Waals surface area contributed by atoms with Crippen molar-refractivity contribution in [2.75, 3.05) is 0 Å². The molecule has 0 aliphatic rings. The predicted octanol–water partition coefficient (Wildman–Crippen LogP) is 2.40. The molecule has 0 spiro atoms. The Morgan fingerprint density at radius 1 is 1.04 bits per heavy atom. The molecule has 132 valence electrons. The van der Waals surface area contributed by atoms with Crippen molar-refractivity contribution in [2.24, 2.45) is 0 Å². The van der Waals surface area contributed by atoms with E-state index < -0.39 is 17.9 Å². The fraction of sp³-hybridized carbons (Fsp3) is 0.500. The molecule has 0 saturated heterocycles. The van der Waals surface area contributed by atoms with Gasteiger partial charge in [-0.15, -0.1) is 0 Å². The third-order valence-corrected chi connectivity index (χ3v) is 3.74. The lowest BCUT2D eigenvalue weighted by molar-refractivity contribution is -0.142. The second-order valence-corrected chi connectivity index (χ2v) is 5.80. The van der Waals surface area contributed by atoms with E-state index in [4.69, 9.17) is 5.11 Å². The number of hydrogen-bond donors (Lipinski definition) is 3. The number of carbonyl (C=O) groups excluding carboxylic acids is 2. The van der Waals surface area contributed by atoms with Crippen LogP contribution in [0, 0.1) is 0 Å². The molecule has 1 aromatic carbocycles. The molecule has 0 aliphatic heterocycles. The maximum Gasteiger partial charge on any atom is 0.326 e. The Kier molecular flexibility index (Phi) is 8.54. The van der Waals surface area contributed by atoms with Gasteiger partial charge in [0.2, 0.25) is 11.8 Å². The summed E-state index contributed by atoms with van der Waals surface area (Å²) in [5, 5.41) is 14.4. The van der Waals surface area contributed by atoms with Gasteiger partial charge in [0.15, 0.2) is 0 Å². The number of rotatable bonds is 10. The van der Waals surface area contributed by atoms with Crippen molar-refractivity contribution in [1.29, 1.82) is 0 Å². The van der Waals surface area contributed by atoms with E-state index in [0.29, 0.717) is 6.42 Å². The molecule has 2 amide bonds. The van der Waals surface area contributed by atoms with Gasteiger partial charge in [0, 0.05) is 12.8 Å². The molecule has 6 heteroatoms. The van der Waals surface area contributed by atoms with Gasteiger partial charge in [0.05, 0.1) is 6.04 Å². The van der Waals surface area contributed by atoms with Crippen molar-refractivity contribution in [3.05, 3.63) is 35.9 Å². The van der Waals surface area contributed by atoms with Gasteiger partial charge in [-0.1, -0.05) is 50.1 Å². The summed E-state index contributed by atoms with van der Waals surface area (Å²) in [5.74, 6) is -1.69. The molecule has 1 aromatic rings. The molecule has 0 bridgehead atoms. The summed E-state index contributed by atoms with van der Waals surface area (Å²) in [6.45, 7) is 3.83. The number of carboxylic acids is 1. The molecule has 6 nitrogen and oxygen atoms in total. The summed E-state index contributed by atoms with van der Waals surface area (Å²) < 4.78 is 0. The van der Waals surface area contributed by atoms with Crippen molar-refractivity contribution in [3.8, 4) is 0 Å². The molecule has 0 aliphatic carbocycles. The number of unbranched alkanes of at least 4 members (excludes halogenated alkanes) is 1. The van der Waals surface area contributed by atoms with Gasteiger partial charge in [-0.2, -0.15) is 0 Å². The van der Waals surface area contributed by atoms with Gasteiger partial charge in [-0.3, -0.25) is 9.59 Å². The van der Waals surface area contributed by atoms with Gasteiger partial charge in [0.25, 0.3) is 0 Å². The van der Waals surface area contributed by atoms with E-state index in [0.717, 1.165) is 18.4 Å². The summed E-state index contributed by atoms with van der Waals surface area (Å²) >= 11 is 0. The molecule has 0 unspecified atom stereocenters.